The van der Waals surface area contributed by atoms with Crippen molar-refractivity contribution in [1.82, 2.24) is 0 Å². The highest BCUT2D eigenvalue weighted by Crippen LogP contribution is 2.23. The number of nitrogen functional groups attached to an aromatic ring is 2. The number of carboxylic acid groups (broad SMARTS) is 1. The van der Waals surface area contributed by atoms with Crippen molar-refractivity contribution in [3.63, 3.8) is 0 Å². The molecule has 0 bridgehead atoms. The first kappa shape index (κ1) is 28.8. The van der Waals surface area contributed by atoms with Gasteiger partial charge in [-0.25, -0.2) is 14.4 Å². The van der Waals surface area contributed by atoms with Crippen molar-refractivity contribution in [2.75, 3.05) is 24.7 Å². The molecule has 0 aliphatic carbocycles. The summed E-state index contributed by atoms with van der Waals surface area (Å²) in [6.45, 7) is 2.72. The number of nitrogens with two attached hydrogens (primary N) is 2. The van der Waals surface area contributed by atoms with E-state index < -0.39 is 17.9 Å². The standard InChI is InChI=1S/C30H32N2O7/c1-2-3-4-16-37-23-10-12-24(13-11-23)39-28(33)14-7-20-5-8-21(9-6-20)30(36)38-17-15-25-26(29(34)35)18-22(31)19-27(25)32/h5-14,18-19H,2-4,15-17,31-32H2,1H3,(H,34,35)/b14-7+. The molecule has 0 aliphatic rings. The fourth-order valence-electron chi connectivity index (χ4n) is 3.71. The highest BCUT2D eigenvalue weighted by Gasteiger charge is 2.15. The second-order valence-corrected chi connectivity index (χ2v) is 8.73. The minimum absolute atomic E-state index is 0.0259. The highest BCUT2D eigenvalue weighted by atomic mass is 16.5. The Hall–Kier alpha value is -4.79. The van der Waals surface area contributed by atoms with E-state index in [-0.39, 0.29) is 30.0 Å². The van der Waals surface area contributed by atoms with Gasteiger partial charge in [0.05, 0.1) is 24.3 Å². The topological polar surface area (TPSA) is 151 Å². The van der Waals surface area contributed by atoms with Crippen LogP contribution in [0.25, 0.3) is 6.08 Å². The largest absolute Gasteiger partial charge is 0.494 e. The van der Waals surface area contributed by atoms with Crippen LogP contribution in [0.4, 0.5) is 11.4 Å². The van der Waals surface area contributed by atoms with E-state index in [2.05, 4.69) is 6.92 Å². The maximum Gasteiger partial charge on any atom is 0.338 e. The van der Waals surface area contributed by atoms with Crippen LogP contribution in [0.3, 0.4) is 0 Å². The maximum atomic E-state index is 12.4. The van der Waals surface area contributed by atoms with E-state index >= 15 is 0 Å². The molecule has 5 N–H and O–H groups in total. The van der Waals surface area contributed by atoms with Gasteiger partial charge in [0.2, 0.25) is 0 Å². The first-order valence-corrected chi connectivity index (χ1v) is 12.6. The Labute approximate surface area is 227 Å². The number of esters is 2. The monoisotopic (exact) mass is 532 g/mol. The van der Waals surface area contributed by atoms with E-state index in [0.717, 1.165) is 25.0 Å². The molecule has 9 heteroatoms. The first-order valence-electron chi connectivity index (χ1n) is 12.6. The Morgan fingerprint density at radius 3 is 2.26 bits per heavy atom. The van der Waals surface area contributed by atoms with E-state index in [1.54, 1.807) is 54.6 Å². The minimum Gasteiger partial charge on any atom is -0.494 e. The molecule has 0 aliphatic heterocycles. The average molecular weight is 533 g/mol. The Morgan fingerprint density at radius 1 is 0.897 bits per heavy atom. The van der Waals surface area contributed by atoms with Crippen LogP contribution in [0.15, 0.2) is 66.7 Å². The van der Waals surface area contributed by atoms with Crippen LogP contribution in [0, 0.1) is 0 Å². The molecule has 3 rings (SSSR count). The van der Waals surface area contributed by atoms with Crippen LogP contribution in [0.1, 0.15) is 58.0 Å². The van der Waals surface area contributed by atoms with Gasteiger partial charge in [0.15, 0.2) is 0 Å². The van der Waals surface area contributed by atoms with Crippen molar-refractivity contribution < 1.29 is 33.7 Å². The molecular weight excluding hydrogens is 500 g/mol. The molecule has 0 fully saturated rings. The Kier molecular flexibility index (Phi) is 10.5. The third kappa shape index (κ3) is 8.92. The summed E-state index contributed by atoms with van der Waals surface area (Å²) in [5.41, 5.74) is 13.3. The summed E-state index contributed by atoms with van der Waals surface area (Å²) in [6, 6.07) is 16.1. The third-order valence-corrected chi connectivity index (χ3v) is 5.74. The molecule has 3 aromatic rings. The van der Waals surface area contributed by atoms with Crippen molar-refractivity contribution in [2.24, 2.45) is 0 Å². The second kappa shape index (κ2) is 14.2. The smallest absolute Gasteiger partial charge is 0.338 e. The molecule has 0 heterocycles. The number of hydrogen-bond donors (Lipinski definition) is 3. The van der Waals surface area contributed by atoms with Crippen molar-refractivity contribution in [3.05, 3.63) is 89.0 Å². The highest BCUT2D eigenvalue weighted by molar-refractivity contribution is 5.93. The zero-order valence-electron chi connectivity index (χ0n) is 21.7. The van der Waals surface area contributed by atoms with Crippen molar-refractivity contribution in [2.45, 2.75) is 32.6 Å². The third-order valence-electron chi connectivity index (χ3n) is 5.74. The average Bonchev–Trinajstić information content (AvgIpc) is 2.92. The maximum absolute atomic E-state index is 12.4. The zero-order valence-corrected chi connectivity index (χ0v) is 21.7. The molecule has 0 radical (unpaired) electrons. The summed E-state index contributed by atoms with van der Waals surface area (Å²) in [6.07, 6.45) is 6.22. The van der Waals surface area contributed by atoms with Crippen LogP contribution < -0.4 is 20.9 Å². The summed E-state index contributed by atoms with van der Waals surface area (Å²) in [4.78, 5) is 36.0. The van der Waals surface area contributed by atoms with Gasteiger partial charge in [0.1, 0.15) is 11.5 Å². The molecule has 0 amide bonds. The zero-order chi connectivity index (χ0) is 28.2. The van der Waals surface area contributed by atoms with Crippen LogP contribution >= 0.6 is 0 Å². The predicted octanol–water partition coefficient (Wildman–Crippen LogP) is 5.14. The van der Waals surface area contributed by atoms with Crippen molar-refractivity contribution >= 4 is 35.4 Å². The number of rotatable bonds is 13. The van der Waals surface area contributed by atoms with Crippen LogP contribution in [0.5, 0.6) is 11.5 Å². The predicted molar refractivity (Wildman–Crippen MR) is 149 cm³/mol. The van der Waals surface area contributed by atoms with Gasteiger partial charge in [-0.15, -0.1) is 0 Å². The second-order valence-electron chi connectivity index (χ2n) is 8.73. The van der Waals surface area contributed by atoms with Crippen molar-refractivity contribution in [3.8, 4) is 11.5 Å². The quantitative estimate of drug-likeness (QED) is 0.0893. The van der Waals surface area contributed by atoms with Crippen molar-refractivity contribution in [1.29, 1.82) is 0 Å². The van der Waals surface area contributed by atoms with E-state index in [9.17, 15) is 19.5 Å². The van der Waals surface area contributed by atoms with Crippen LogP contribution in [-0.4, -0.2) is 36.2 Å². The molecular formula is C30H32N2O7. The molecule has 9 nitrogen and oxygen atoms in total. The molecule has 0 unspecified atom stereocenters. The van der Waals surface area contributed by atoms with Gasteiger partial charge in [-0.1, -0.05) is 31.9 Å². The van der Waals surface area contributed by atoms with Gasteiger partial charge < -0.3 is 30.8 Å². The normalized spacial score (nSPS) is 10.8. The lowest BCUT2D eigenvalue weighted by Crippen LogP contribution is -2.12. The summed E-state index contributed by atoms with van der Waals surface area (Å²) in [5.74, 6) is -1.16. The number of carbonyl (C=O) groups excluding carboxylic acids is 2. The molecule has 204 valence electrons. The summed E-state index contributed by atoms with van der Waals surface area (Å²) in [5, 5.41) is 9.37. The lowest BCUT2D eigenvalue weighted by atomic mass is 10.0. The number of carboxylic acids is 1. The van der Waals surface area contributed by atoms with Gasteiger partial charge in [0, 0.05) is 23.9 Å². The molecule has 3 aromatic carbocycles. The number of benzene rings is 3. The fraction of sp³-hybridized carbons (Fsp3) is 0.233. The number of anilines is 2. The van der Waals surface area contributed by atoms with E-state index in [0.29, 0.717) is 29.0 Å². The van der Waals surface area contributed by atoms with Gasteiger partial charge in [-0.3, -0.25) is 0 Å². The summed E-state index contributed by atoms with van der Waals surface area (Å²) in [7, 11) is 0. The lowest BCUT2D eigenvalue weighted by Gasteiger charge is -2.11. The number of ether oxygens (including phenoxy) is 3. The lowest BCUT2D eigenvalue weighted by molar-refractivity contribution is -0.128. The number of unbranched alkanes of at least 4 members (excludes halogenated alkanes) is 2. The van der Waals surface area contributed by atoms with E-state index in [1.165, 1.54) is 18.2 Å². The van der Waals surface area contributed by atoms with Gasteiger partial charge in [-0.05, 0) is 72.2 Å². The number of aromatic carboxylic acids is 1. The SMILES string of the molecule is CCCCCOc1ccc(OC(=O)/C=C/c2ccc(C(=O)OCCc3c(N)cc(N)cc3C(=O)O)cc2)cc1. The van der Waals surface area contributed by atoms with Gasteiger partial charge in [-0.2, -0.15) is 0 Å². The Balaban J connectivity index is 1.47. The minimum atomic E-state index is -1.16. The summed E-state index contributed by atoms with van der Waals surface area (Å²) >= 11 is 0. The van der Waals surface area contributed by atoms with Gasteiger partial charge in [0.25, 0.3) is 0 Å². The number of carbonyl (C=O) groups is 3. The van der Waals surface area contributed by atoms with E-state index in [4.69, 9.17) is 25.7 Å². The molecule has 0 atom stereocenters. The Morgan fingerprint density at radius 2 is 1.59 bits per heavy atom. The van der Waals surface area contributed by atoms with Crippen LogP contribution in [-0.2, 0) is 16.0 Å². The molecule has 0 aromatic heterocycles. The molecule has 0 spiro atoms. The van der Waals surface area contributed by atoms with Gasteiger partial charge >= 0.3 is 17.9 Å². The van der Waals surface area contributed by atoms with Crippen LogP contribution in [0.2, 0.25) is 0 Å². The first-order chi connectivity index (χ1) is 18.8. The molecule has 39 heavy (non-hydrogen) atoms. The molecule has 0 saturated heterocycles. The Bertz CT molecular complexity index is 1320. The summed E-state index contributed by atoms with van der Waals surface area (Å²) < 4.78 is 16.2. The van der Waals surface area contributed by atoms with E-state index in [1.807, 2.05) is 0 Å². The number of hydrogen-bond acceptors (Lipinski definition) is 8. The molecule has 0 saturated carbocycles. The fourth-order valence-corrected chi connectivity index (χ4v) is 3.71.